The molecule has 1 aromatic rings. The number of thioether (sulfide) groups is 1. The Bertz CT molecular complexity index is 424. The number of carbonyl (C=O) groups is 1. The van der Waals surface area contributed by atoms with Crippen LogP contribution in [-0.4, -0.2) is 42.2 Å². The minimum absolute atomic E-state index is 0.254. The molecule has 0 aromatic heterocycles. The van der Waals surface area contributed by atoms with Crippen molar-refractivity contribution in [3.05, 3.63) is 29.8 Å². The Morgan fingerprint density at radius 3 is 3.17 bits per heavy atom. The fourth-order valence-electron chi connectivity index (χ4n) is 2.62. The summed E-state index contributed by atoms with van der Waals surface area (Å²) in [6, 6.07) is 8.58. The lowest BCUT2D eigenvalue weighted by atomic mass is 10.1. The van der Waals surface area contributed by atoms with Crippen LogP contribution in [0, 0.1) is 0 Å². The highest BCUT2D eigenvalue weighted by Gasteiger charge is 2.26. The highest BCUT2D eigenvalue weighted by Crippen LogP contribution is 2.37. The molecule has 0 bridgehead atoms. The van der Waals surface area contributed by atoms with Gasteiger partial charge in [-0.05, 0) is 31.0 Å². The van der Waals surface area contributed by atoms with Gasteiger partial charge in [-0.2, -0.15) is 0 Å². The molecule has 2 aliphatic rings. The molecule has 0 spiro atoms. The normalized spacial score (nSPS) is 23.9. The predicted octanol–water partition coefficient (Wildman–Crippen LogP) is 1.53. The Kier molecular flexibility index (Phi) is 3.57. The molecule has 0 saturated carbocycles. The summed E-state index contributed by atoms with van der Waals surface area (Å²) in [4.78, 5) is 15.4. The number of nitrogens with zero attached hydrogens (tertiary/aromatic N) is 1. The monoisotopic (exact) mass is 262 g/mol. The van der Waals surface area contributed by atoms with E-state index in [0.29, 0.717) is 11.8 Å². The summed E-state index contributed by atoms with van der Waals surface area (Å²) < 4.78 is 0. The molecule has 1 N–H and O–H groups in total. The van der Waals surface area contributed by atoms with Crippen LogP contribution < -0.4 is 5.32 Å². The van der Waals surface area contributed by atoms with Gasteiger partial charge in [0.05, 0.1) is 6.54 Å². The maximum Gasteiger partial charge on any atom is 0.236 e. The van der Waals surface area contributed by atoms with Crippen LogP contribution in [0.5, 0.6) is 0 Å². The molecule has 1 amide bonds. The summed E-state index contributed by atoms with van der Waals surface area (Å²) >= 11 is 1.92. The van der Waals surface area contributed by atoms with Crippen LogP contribution in [0.15, 0.2) is 29.2 Å². The van der Waals surface area contributed by atoms with E-state index in [2.05, 4.69) is 29.6 Å². The van der Waals surface area contributed by atoms with Crippen LogP contribution in [0.2, 0.25) is 0 Å². The van der Waals surface area contributed by atoms with E-state index >= 15 is 0 Å². The third kappa shape index (κ3) is 2.54. The average Bonchev–Trinajstić information content (AvgIpc) is 2.68. The van der Waals surface area contributed by atoms with Crippen molar-refractivity contribution in [3.8, 4) is 0 Å². The fourth-order valence-corrected chi connectivity index (χ4v) is 3.96. The van der Waals surface area contributed by atoms with Crippen LogP contribution in [0.1, 0.15) is 12.0 Å². The van der Waals surface area contributed by atoms with Gasteiger partial charge in [-0.25, -0.2) is 0 Å². The third-order valence-electron chi connectivity index (χ3n) is 3.55. The molecule has 96 valence electrons. The lowest BCUT2D eigenvalue weighted by Gasteiger charge is -2.23. The van der Waals surface area contributed by atoms with Gasteiger partial charge in [-0.1, -0.05) is 18.2 Å². The lowest BCUT2D eigenvalue weighted by molar-refractivity contribution is -0.129. The molecule has 1 atom stereocenters. The number of hydrogen-bond donors (Lipinski definition) is 1. The molecule has 3 nitrogen and oxygen atoms in total. The van der Waals surface area contributed by atoms with E-state index in [9.17, 15) is 4.79 Å². The van der Waals surface area contributed by atoms with Gasteiger partial charge in [0, 0.05) is 23.2 Å². The summed E-state index contributed by atoms with van der Waals surface area (Å²) in [5.74, 6) is 0.254. The second-order valence-corrected chi connectivity index (χ2v) is 6.26. The molecule has 0 radical (unpaired) electrons. The first-order valence-corrected chi connectivity index (χ1v) is 7.44. The van der Waals surface area contributed by atoms with E-state index in [0.717, 1.165) is 32.5 Å². The SMILES string of the molecule is O=C1CNCCCN1CC1Cc2ccccc2S1. The van der Waals surface area contributed by atoms with E-state index in [-0.39, 0.29) is 5.91 Å². The first-order chi connectivity index (χ1) is 8.83. The highest BCUT2D eigenvalue weighted by atomic mass is 32.2. The van der Waals surface area contributed by atoms with E-state index in [1.807, 2.05) is 16.7 Å². The largest absolute Gasteiger partial charge is 0.340 e. The number of carbonyl (C=O) groups excluding carboxylic acids is 1. The number of hydrogen-bond acceptors (Lipinski definition) is 3. The summed E-state index contributed by atoms with van der Waals surface area (Å²) in [6.45, 7) is 3.25. The standard InChI is InChI=1S/C14H18N2OS/c17-14-9-15-6-3-7-16(14)10-12-8-11-4-1-2-5-13(11)18-12/h1-2,4-5,12,15H,3,6-10H2. The van der Waals surface area contributed by atoms with Crippen LogP contribution in [0.3, 0.4) is 0 Å². The molecule has 0 aliphatic carbocycles. The van der Waals surface area contributed by atoms with Crippen molar-refractivity contribution in [1.82, 2.24) is 10.2 Å². The van der Waals surface area contributed by atoms with Crippen molar-refractivity contribution in [2.24, 2.45) is 0 Å². The zero-order valence-electron chi connectivity index (χ0n) is 10.4. The molecule has 1 unspecified atom stereocenters. The molecular weight excluding hydrogens is 244 g/mol. The first-order valence-electron chi connectivity index (χ1n) is 6.56. The maximum atomic E-state index is 11.9. The number of fused-ring (bicyclic) bond motifs is 1. The Labute approximate surface area is 112 Å². The summed E-state index contributed by atoms with van der Waals surface area (Å²) in [5.41, 5.74) is 1.44. The van der Waals surface area contributed by atoms with Crippen LogP contribution in [0.4, 0.5) is 0 Å². The molecule has 2 heterocycles. The minimum atomic E-state index is 0.254. The van der Waals surface area contributed by atoms with Gasteiger partial charge in [0.1, 0.15) is 0 Å². The molecule has 4 heteroatoms. The summed E-state index contributed by atoms with van der Waals surface area (Å²) in [6.07, 6.45) is 2.16. The molecule has 1 fully saturated rings. The van der Waals surface area contributed by atoms with Gasteiger partial charge in [0.15, 0.2) is 0 Å². The molecule has 1 aromatic carbocycles. The van der Waals surface area contributed by atoms with Gasteiger partial charge >= 0.3 is 0 Å². The van der Waals surface area contributed by atoms with Crippen molar-refractivity contribution in [1.29, 1.82) is 0 Å². The molecule has 18 heavy (non-hydrogen) atoms. The second-order valence-electron chi connectivity index (χ2n) is 4.92. The van der Waals surface area contributed by atoms with E-state index in [1.54, 1.807) is 0 Å². The zero-order valence-corrected chi connectivity index (χ0v) is 11.2. The summed E-state index contributed by atoms with van der Waals surface area (Å²) in [5, 5.41) is 3.70. The van der Waals surface area contributed by atoms with E-state index in [4.69, 9.17) is 0 Å². The Balaban J connectivity index is 1.63. The van der Waals surface area contributed by atoms with E-state index in [1.165, 1.54) is 10.5 Å². The Morgan fingerprint density at radius 2 is 2.28 bits per heavy atom. The lowest BCUT2D eigenvalue weighted by Crippen LogP contribution is -2.39. The summed E-state index contributed by atoms with van der Waals surface area (Å²) in [7, 11) is 0. The fraction of sp³-hybridized carbons (Fsp3) is 0.500. The minimum Gasteiger partial charge on any atom is -0.340 e. The predicted molar refractivity (Wildman–Crippen MR) is 73.9 cm³/mol. The smallest absolute Gasteiger partial charge is 0.236 e. The van der Waals surface area contributed by atoms with Crippen LogP contribution in [-0.2, 0) is 11.2 Å². The molecule has 3 rings (SSSR count). The van der Waals surface area contributed by atoms with Gasteiger partial charge in [-0.15, -0.1) is 11.8 Å². The van der Waals surface area contributed by atoms with Crippen molar-refractivity contribution in [2.45, 2.75) is 23.0 Å². The molecular formula is C14H18N2OS. The van der Waals surface area contributed by atoms with Crippen LogP contribution >= 0.6 is 11.8 Å². The van der Waals surface area contributed by atoms with Gasteiger partial charge < -0.3 is 10.2 Å². The Morgan fingerprint density at radius 1 is 1.39 bits per heavy atom. The van der Waals surface area contributed by atoms with Gasteiger partial charge in [0.2, 0.25) is 5.91 Å². The highest BCUT2D eigenvalue weighted by molar-refractivity contribution is 8.00. The maximum absolute atomic E-state index is 11.9. The number of amides is 1. The van der Waals surface area contributed by atoms with E-state index < -0.39 is 0 Å². The quantitative estimate of drug-likeness (QED) is 0.877. The van der Waals surface area contributed by atoms with Gasteiger partial charge in [-0.3, -0.25) is 4.79 Å². The number of nitrogens with one attached hydrogen (secondary N) is 1. The van der Waals surface area contributed by atoms with Gasteiger partial charge in [0.25, 0.3) is 0 Å². The average molecular weight is 262 g/mol. The second kappa shape index (κ2) is 5.33. The van der Waals surface area contributed by atoms with Crippen molar-refractivity contribution < 1.29 is 4.79 Å². The zero-order chi connectivity index (χ0) is 12.4. The number of benzene rings is 1. The van der Waals surface area contributed by atoms with Crippen molar-refractivity contribution >= 4 is 17.7 Å². The molecule has 1 saturated heterocycles. The van der Waals surface area contributed by atoms with Crippen LogP contribution in [0.25, 0.3) is 0 Å². The topological polar surface area (TPSA) is 32.3 Å². The first kappa shape index (κ1) is 12.1. The third-order valence-corrected chi connectivity index (χ3v) is 4.85. The van der Waals surface area contributed by atoms with Crippen molar-refractivity contribution in [2.75, 3.05) is 26.2 Å². The number of rotatable bonds is 2. The Hall–Kier alpha value is -1.00. The molecule has 2 aliphatic heterocycles. The van der Waals surface area contributed by atoms with Crippen molar-refractivity contribution in [3.63, 3.8) is 0 Å².